The van der Waals surface area contributed by atoms with Gasteiger partial charge in [0.2, 0.25) is 5.82 Å². The van der Waals surface area contributed by atoms with Gasteiger partial charge >= 0.3 is 11.7 Å². The van der Waals surface area contributed by atoms with E-state index in [1.807, 2.05) is 4.98 Å². The van der Waals surface area contributed by atoms with Crippen LogP contribution in [-0.2, 0) is 19.1 Å². The summed E-state index contributed by atoms with van der Waals surface area (Å²) in [5, 5.41) is 0. The maximum atomic E-state index is 13.5. The molecule has 0 amide bonds. The van der Waals surface area contributed by atoms with Gasteiger partial charge in [0.25, 0.3) is 5.56 Å². The third-order valence-corrected chi connectivity index (χ3v) is 5.65. The van der Waals surface area contributed by atoms with Crippen LogP contribution in [0.1, 0.15) is 52.7 Å². The summed E-state index contributed by atoms with van der Waals surface area (Å²) in [6, 6.07) is 0. The summed E-state index contributed by atoms with van der Waals surface area (Å²) < 4.78 is 25.4. The average molecular weight is 449 g/mol. The van der Waals surface area contributed by atoms with Crippen LogP contribution in [0.5, 0.6) is 0 Å². The van der Waals surface area contributed by atoms with E-state index >= 15 is 0 Å². The SMILES string of the molecule is CCC(C)(OC(C)=O)C(=O)CCC1OC(n2cc(F)c(=O)[nH]c2=O)CC1Br. The van der Waals surface area contributed by atoms with E-state index in [4.69, 9.17) is 9.47 Å². The lowest BCUT2D eigenvalue weighted by atomic mass is 9.93. The molecule has 0 bridgehead atoms. The van der Waals surface area contributed by atoms with E-state index in [0.29, 0.717) is 19.3 Å². The van der Waals surface area contributed by atoms with Crippen LogP contribution < -0.4 is 11.2 Å². The predicted octanol–water partition coefficient (Wildman–Crippen LogP) is 1.81. The number of nitrogens with zero attached hydrogens (tertiary/aromatic N) is 1. The second kappa shape index (κ2) is 8.47. The van der Waals surface area contributed by atoms with Crippen molar-refractivity contribution in [1.29, 1.82) is 0 Å². The number of aromatic amines is 1. The van der Waals surface area contributed by atoms with Gasteiger partial charge in [-0.3, -0.25) is 23.9 Å². The Morgan fingerprint density at radius 2 is 2.15 bits per heavy atom. The van der Waals surface area contributed by atoms with E-state index in [0.717, 1.165) is 10.8 Å². The summed E-state index contributed by atoms with van der Waals surface area (Å²) in [7, 11) is 0. The van der Waals surface area contributed by atoms with Crippen molar-refractivity contribution in [2.24, 2.45) is 0 Å². The summed E-state index contributed by atoms with van der Waals surface area (Å²) in [6.45, 7) is 4.58. The topological polar surface area (TPSA) is 107 Å². The van der Waals surface area contributed by atoms with Gasteiger partial charge in [-0.25, -0.2) is 4.79 Å². The van der Waals surface area contributed by atoms with Gasteiger partial charge in [-0.15, -0.1) is 0 Å². The lowest BCUT2D eigenvalue weighted by Crippen LogP contribution is -2.39. The fourth-order valence-corrected chi connectivity index (χ4v) is 3.68. The number of Topliss-reactive ketones (excluding diaryl/α,β-unsaturated/α-hetero) is 1. The van der Waals surface area contributed by atoms with E-state index in [-0.39, 0.29) is 17.0 Å². The molecule has 1 aliphatic rings. The van der Waals surface area contributed by atoms with Gasteiger partial charge in [0.15, 0.2) is 11.4 Å². The van der Waals surface area contributed by atoms with Crippen LogP contribution in [0, 0.1) is 5.82 Å². The molecule has 27 heavy (non-hydrogen) atoms. The Balaban J connectivity index is 2.04. The number of halogens is 2. The number of nitrogens with one attached hydrogen (secondary N) is 1. The first kappa shape index (κ1) is 21.5. The van der Waals surface area contributed by atoms with E-state index in [2.05, 4.69) is 15.9 Å². The van der Waals surface area contributed by atoms with Crippen molar-refractivity contribution in [3.8, 4) is 0 Å². The Kier molecular flexibility index (Phi) is 6.74. The van der Waals surface area contributed by atoms with Crippen LogP contribution in [0.15, 0.2) is 15.8 Å². The molecule has 1 fully saturated rings. The molecule has 150 valence electrons. The second-order valence-electron chi connectivity index (χ2n) is 6.66. The Bertz CT molecular complexity index is 837. The molecule has 2 rings (SSSR count). The molecule has 0 saturated carbocycles. The normalized spacial score (nSPS) is 24.4. The maximum Gasteiger partial charge on any atom is 0.330 e. The average Bonchev–Trinajstić information content (AvgIpc) is 2.95. The third-order valence-electron chi connectivity index (χ3n) is 4.69. The van der Waals surface area contributed by atoms with Crippen LogP contribution in [0.4, 0.5) is 4.39 Å². The molecule has 0 aliphatic carbocycles. The van der Waals surface area contributed by atoms with Crippen molar-refractivity contribution >= 4 is 27.7 Å². The van der Waals surface area contributed by atoms with Gasteiger partial charge in [0.05, 0.1) is 12.3 Å². The number of carbonyl (C=O) groups excluding carboxylic acids is 2. The van der Waals surface area contributed by atoms with Crippen LogP contribution in [0.2, 0.25) is 0 Å². The third kappa shape index (κ3) is 4.92. The first-order valence-corrected chi connectivity index (χ1v) is 9.52. The lowest BCUT2D eigenvalue weighted by Gasteiger charge is -2.27. The van der Waals surface area contributed by atoms with Crippen LogP contribution in [-0.4, -0.2) is 37.8 Å². The minimum atomic E-state index is -1.19. The van der Waals surface area contributed by atoms with Gasteiger partial charge < -0.3 is 9.47 Å². The van der Waals surface area contributed by atoms with Gasteiger partial charge in [-0.2, -0.15) is 4.39 Å². The van der Waals surface area contributed by atoms with E-state index in [9.17, 15) is 23.6 Å². The number of hydrogen-bond acceptors (Lipinski definition) is 6. The second-order valence-corrected chi connectivity index (χ2v) is 7.84. The number of rotatable bonds is 7. The fraction of sp³-hybridized carbons (Fsp3) is 0.647. The molecule has 1 aliphatic heterocycles. The van der Waals surface area contributed by atoms with Crippen LogP contribution in [0.25, 0.3) is 0 Å². The Morgan fingerprint density at radius 1 is 1.48 bits per heavy atom. The standard InChI is InChI=1S/C17H22BrFN2O6/c1-4-17(3,27-9(2)22)13(23)6-5-12-10(18)7-14(26-12)21-8-11(19)15(24)20-16(21)25/h8,10,12,14H,4-7H2,1-3H3,(H,20,24,25). The van der Waals surface area contributed by atoms with E-state index < -0.39 is 41.0 Å². The van der Waals surface area contributed by atoms with E-state index in [1.54, 1.807) is 13.8 Å². The number of ether oxygens (including phenoxy) is 2. The first-order valence-electron chi connectivity index (χ1n) is 8.60. The highest BCUT2D eigenvalue weighted by atomic mass is 79.9. The molecule has 1 saturated heterocycles. The zero-order valence-electron chi connectivity index (χ0n) is 15.3. The predicted molar refractivity (Wildman–Crippen MR) is 97.2 cm³/mol. The first-order chi connectivity index (χ1) is 12.6. The van der Waals surface area contributed by atoms with Gasteiger partial charge in [-0.05, 0) is 19.8 Å². The zero-order valence-corrected chi connectivity index (χ0v) is 16.9. The molecule has 0 radical (unpaired) electrons. The summed E-state index contributed by atoms with van der Waals surface area (Å²) >= 11 is 3.46. The van der Waals surface area contributed by atoms with Crippen molar-refractivity contribution in [1.82, 2.24) is 9.55 Å². The summed E-state index contributed by atoms with van der Waals surface area (Å²) in [6.07, 6.45) is 0.809. The van der Waals surface area contributed by atoms with Crippen LogP contribution >= 0.6 is 15.9 Å². The number of aromatic nitrogens is 2. The van der Waals surface area contributed by atoms with Crippen molar-refractivity contribution in [3.63, 3.8) is 0 Å². The Hall–Kier alpha value is -1.81. The largest absolute Gasteiger partial charge is 0.452 e. The fourth-order valence-electron chi connectivity index (χ4n) is 2.97. The number of alkyl halides is 1. The number of hydrogen-bond donors (Lipinski definition) is 1. The quantitative estimate of drug-likeness (QED) is 0.503. The van der Waals surface area contributed by atoms with Crippen LogP contribution in [0.3, 0.4) is 0 Å². The van der Waals surface area contributed by atoms with Gasteiger partial charge in [0, 0.05) is 24.6 Å². The molecule has 0 aromatic carbocycles. The molecule has 1 aromatic heterocycles. The smallest absolute Gasteiger partial charge is 0.330 e. The van der Waals surface area contributed by atoms with E-state index in [1.165, 1.54) is 6.92 Å². The molecular formula is C17H22BrFN2O6. The maximum absolute atomic E-state index is 13.5. The summed E-state index contributed by atoms with van der Waals surface area (Å²) in [4.78, 5) is 48.5. The highest BCUT2D eigenvalue weighted by Gasteiger charge is 2.38. The van der Waals surface area contributed by atoms with Crippen molar-refractivity contribution in [2.45, 2.75) is 69.2 Å². The summed E-state index contributed by atoms with van der Waals surface area (Å²) in [5.41, 5.74) is -3.04. The Labute approximate surface area is 163 Å². The zero-order chi connectivity index (χ0) is 20.4. The number of H-pyrrole nitrogens is 1. The highest BCUT2D eigenvalue weighted by molar-refractivity contribution is 9.09. The number of carbonyl (C=O) groups is 2. The molecule has 2 heterocycles. The monoisotopic (exact) mass is 448 g/mol. The molecule has 4 unspecified atom stereocenters. The number of ketones is 1. The van der Waals surface area contributed by atoms with Gasteiger partial charge in [-0.1, -0.05) is 22.9 Å². The van der Waals surface area contributed by atoms with Gasteiger partial charge in [0.1, 0.15) is 6.23 Å². The molecule has 1 aromatic rings. The molecule has 8 nitrogen and oxygen atoms in total. The Morgan fingerprint density at radius 3 is 2.74 bits per heavy atom. The minimum Gasteiger partial charge on any atom is -0.452 e. The molecule has 10 heteroatoms. The minimum absolute atomic E-state index is 0.117. The van der Waals surface area contributed by atoms with Crippen molar-refractivity contribution in [2.75, 3.05) is 0 Å². The summed E-state index contributed by atoms with van der Waals surface area (Å²) in [5.74, 6) is -1.83. The lowest BCUT2D eigenvalue weighted by molar-refractivity contribution is -0.164. The van der Waals surface area contributed by atoms with Crippen molar-refractivity contribution < 1.29 is 23.5 Å². The molecular weight excluding hydrogens is 427 g/mol. The number of esters is 1. The highest BCUT2D eigenvalue weighted by Crippen LogP contribution is 2.35. The molecule has 1 N–H and O–H groups in total. The van der Waals surface area contributed by atoms with Crippen molar-refractivity contribution in [3.05, 3.63) is 32.9 Å². The molecule has 4 atom stereocenters. The molecule has 0 spiro atoms.